The molecule has 6 aromatic carbocycles. The molecular weight excluding hydrogens is 813 g/mol. The zero-order chi connectivity index (χ0) is 44.5. The number of rotatable bonds is 18. The maximum Gasteiger partial charge on any atom is 0.217 e. The van der Waals surface area contributed by atoms with Crippen molar-refractivity contribution in [3.63, 3.8) is 0 Å². The van der Waals surface area contributed by atoms with Gasteiger partial charge in [-0.3, -0.25) is 0 Å². The molecule has 0 bridgehead atoms. The Morgan fingerprint density at radius 2 is 0.581 bits per heavy atom. The van der Waals surface area contributed by atoms with E-state index in [9.17, 15) is 16.8 Å². The molecule has 324 valence electrons. The Labute approximate surface area is 369 Å². The number of benzene rings is 6. The molecule has 0 unspecified atom stereocenters. The highest BCUT2D eigenvalue weighted by Crippen LogP contribution is 2.42. The molecule has 0 aliphatic carbocycles. The van der Waals surface area contributed by atoms with Crippen LogP contribution < -0.4 is 9.44 Å². The second-order valence-corrected chi connectivity index (χ2v) is 22.2. The SMILES string of the molecule is CC(C)(C)S(=O)(=O)N[C@@H](/C=C/[C@@H](COC(c1ccccc1)(c1ccccc1)c1ccccc1)NS(=O)(=O)C(C)(C)C)COC(c1ccccc1)(c1ccccc1)c1ccccc1. The minimum absolute atomic E-state index is 0.133. The van der Waals surface area contributed by atoms with Crippen LogP contribution in [0.1, 0.15) is 74.9 Å². The molecule has 0 aliphatic heterocycles. The number of hydrogen-bond donors (Lipinski definition) is 2. The number of sulfonamides is 2. The number of ether oxygens (including phenoxy) is 2. The smallest absolute Gasteiger partial charge is 0.217 e. The maximum atomic E-state index is 14.0. The van der Waals surface area contributed by atoms with Crippen LogP contribution in [0.25, 0.3) is 0 Å². The van der Waals surface area contributed by atoms with E-state index < -0.39 is 52.8 Å². The van der Waals surface area contributed by atoms with Crippen LogP contribution in [-0.2, 0) is 40.7 Å². The highest BCUT2D eigenvalue weighted by Gasteiger charge is 2.41. The first-order chi connectivity index (χ1) is 29.5. The van der Waals surface area contributed by atoms with Crippen molar-refractivity contribution in [3.05, 3.63) is 228 Å². The van der Waals surface area contributed by atoms with E-state index in [0.717, 1.165) is 33.4 Å². The van der Waals surface area contributed by atoms with Crippen LogP contribution in [0.2, 0.25) is 0 Å². The minimum Gasteiger partial charge on any atom is -0.359 e. The highest BCUT2D eigenvalue weighted by molar-refractivity contribution is 7.91. The van der Waals surface area contributed by atoms with Crippen LogP contribution in [0.4, 0.5) is 0 Å². The van der Waals surface area contributed by atoms with E-state index in [0.29, 0.717) is 0 Å². The van der Waals surface area contributed by atoms with Crippen LogP contribution in [-0.4, -0.2) is 51.6 Å². The van der Waals surface area contributed by atoms with Crippen LogP contribution in [0.3, 0.4) is 0 Å². The maximum absolute atomic E-state index is 14.0. The van der Waals surface area contributed by atoms with Crippen LogP contribution in [0, 0.1) is 0 Å². The summed E-state index contributed by atoms with van der Waals surface area (Å²) < 4.78 is 73.7. The number of nitrogens with one attached hydrogen (secondary N) is 2. The fourth-order valence-corrected chi connectivity index (χ4v) is 9.04. The molecule has 2 N–H and O–H groups in total. The second kappa shape index (κ2) is 19.5. The first-order valence-electron chi connectivity index (χ1n) is 20.8. The molecule has 62 heavy (non-hydrogen) atoms. The fourth-order valence-electron chi connectivity index (χ4n) is 7.24. The summed E-state index contributed by atoms with van der Waals surface area (Å²) in [7, 11) is -7.92. The zero-order valence-corrected chi connectivity index (χ0v) is 37.9. The van der Waals surface area contributed by atoms with E-state index in [1.807, 2.05) is 182 Å². The minimum atomic E-state index is -3.96. The topological polar surface area (TPSA) is 111 Å². The summed E-state index contributed by atoms with van der Waals surface area (Å²) in [6, 6.07) is 57.1. The highest BCUT2D eigenvalue weighted by atomic mass is 32.2. The average Bonchev–Trinajstić information content (AvgIpc) is 3.27. The third kappa shape index (κ3) is 10.3. The van der Waals surface area contributed by atoms with Gasteiger partial charge < -0.3 is 9.47 Å². The molecule has 0 aromatic heterocycles. The molecule has 0 fully saturated rings. The molecule has 0 aliphatic rings. The molecule has 0 heterocycles. The van der Waals surface area contributed by atoms with Gasteiger partial charge in [-0.25, -0.2) is 26.3 Å². The van der Waals surface area contributed by atoms with Gasteiger partial charge in [0.2, 0.25) is 20.0 Å². The Morgan fingerprint density at radius 3 is 0.758 bits per heavy atom. The average molecular weight is 871 g/mol. The lowest BCUT2D eigenvalue weighted by molar-refractivity contribution is 0.00655. The quantitative estimate of drug-likeness (QED) is 0.0658. The Kier molecular flexibility index (Phi) is 14.5. The second-order valence-electron chi connectivity index (χ2n) is 17.2. The van der Waals surface area contributed by atoms with Crippen molar-refractivity contribution in [1.82, 2.24) is 9.44 Å². The molecule has 0 radical (unpaired) electrons. The van der Waals surface area contributed by atoms with Gasteiger partial charge in [0, 0.05) is 0 Å². The zero-order valence-electron chi connectivity index (χ0n) is 36.3. The van der Waals surface area contributed by atoms with Gasteiger partial charge in [-0.05, 0) is 74.9 Å². The van der Waals surface area contributed by atoms with E-state index in [1.165, 1.54) is 0 Å². The summed E-state index contributed by atoms with van der Waals surface area (Å²) in [5.74, 6) is 0. The Morgan fingerprint density at radius 1 is 0.387 bits per heavy atom. The standard InChI is InChI=1S/C52H58N2O6S2/c1-49(2,3)61(55,56)53-47(39-59-51(41-25-13-7-14-26-41,42-27-15-8-16-28-42)43-29-17-9-18-30-43)37-38-48(54-62(57,58)50(4,5)6)40-60-52(44-31-19-10-20-32-44,45-33-21-11-22-34-45)46-35-23-12-24-36-46/h7-38,47-48,53-54H,39-40H2,1-6H3/b38-37+/t47-,48-/m0/s1. The van der Waals surface area contributed by atoms with Crippen LogP contribution in [0.15, 0.2) is 194 Å². The Hall–Kier alpha value is -5.20. The largest absolute Gasteiger partial charge is 0.359 e. The van der Waals surface area contributed by atoms with Crippen molar-refractivity contribution in [2.75, 3.05) is 13.2 Å². The molecule has 2 atom stereocenters. The molecule has 6 rings (SSSR count). The fraction of sp³-hybridized carbons (Fsp3) is 0.269. The van der Waals surface area contributed by atoms with Gasteiger partial charge in [0.1, 0.15) is 11.2 Å². The third-order valence-corrected chi connectivity index (χ3v) is 15.3. The molecule has 0 saturated heterocycles. The summed E-state index contributed by atoms with van der Waals surface area (Å²) in [4.78, 5) is 0. The predicted molar refractivity (Wildman–Crippen MR) is 251 cm³/mol. The summed E-state index contributed by atoms with van der Waals surface area (Å²) >= 11 is 0. The Bertz CT molecular complexity index is 2190. The van der Waals surface area contributed by atoms with Gasteiger partial charge in [0.25, 0.3) is 0 Å². The van der Waals surface area contributed by atoms with E-state index in [4.69, 9.17) is 9.47 Å². The number of hydrogen-bond acceptors (Lipinski definition) is 6. The van der Waals surface area contributed by atoms with Gasteiger partial charge in [0.05, 0.1) is 34.8 Å². The first-order valence-corrected chi connectivity index (χ1v) is 23.8. The monoisotopic (exact) mass is 870 g/mol. The van der Waals surface area contributed by atoms with Crippen molar-refractivity contribution in [1.29, 1.82) is 0 Å². The van der Waals surface area contributed by atoms with E-state index in [1.54, 1.807) is 53.7 Å². The first kappa shape index (κ1) is 46.3. The summed E-state index contributed by atoms with van der Waals surface area (Å²) in [6.07, 6.45) is 3.34. The van der Waals surface area contributed by atoms with E-state index in [-0.39, 0.29) is 13.2 Å². The molecule has 6 aromatic rings. The lowest BCUT2D eigenvalue weighted by Crippen LogP contribution is -2.48. The van der Waals surface area contributed by atoms with Gasteiger partial charge in [-0.15, -0.1) is 0 Å². The summed E-state index contributed by atoms with van der Waals surface area (Å²) in [5, 5.41) is 0. The van der Waals surface area contributed by atoms with Gasteiger partial charge >= 0.3 is 0 Å². The molecule has 0 spiro atoms. The third-order valence-electron chi connectivity index (χ3n) is 10.8. The Balaban J connectivity index is 1.47. The van der Waals surface area contributed by atoms with Crippen LogP contribution >= 0.6 is 0 Å². The van der Waals surface area contributed by atoms with E-state index in [2.05, 4.69) is 9.44 Å². The molecule has 0 amide bonds. The summed E-state index contributed by atoms with van der Waals surface area (Å²) in [6.45, 7) is 9.51. The molecule has 10 heteroatoms. The summed E-state index contributed by atoms with van der Waals surface area (Å²) in [5.41, 5.74) is 2.79. The van der Waals surface area contributed by atoms with Gasteiger partial charge in [-0.1, -0.05) is 194 Å². The van der Waals surface area contributed by atoms with Crippen molar-refractivity contribution < 1.29 is 26.3 Å². The van der Waals surface area contributed by atoms with Crippen molar-refractivity contribution in [2.45, 2.75) is 74.3 Å². The normalized spacial score (nSPS) is 14.1. The predicted octanol–water partition coefficient (Wildman–Crippen LogP) is 9.73. The van der Waals surface area contributed by atoms with Crippen molar-refractivity contribution in [2.24, 2.45) is 0 Å². The lowest BCUT2D eigenvalue weighted by atomic mass is 9.80. The van der Waals surface area contributed by atoms with Crippen molar-refractivity contribution >= 4 is 20.0 Å². The van der Waals surface area contributed by atoms with Gasteiger partial charge in [-0.2, -0.15) is 0 Å². The molecule has 0 saturated carbocycles. The van der Waals surface area contributed by atoms with E-state index >= 15 is 0 Å². The van der Waals surface area contributed by atoms with Crippen molar-refractivity contribution in [3.8, 4) is 0 Å². The van der Waals surface area contributed by atoms with Gasteiger partial charge in [0.15, 0.2) is 0 Å². The molecular formula is C52H58N2O6S2. The molecule has 8 nitrogen and oxygen atoms in total. The lowest BCUT2D eigenvalue weighted by Gasteiger charge is -2.37. The van der Waals surface area contributed by atoms with Crippen LogP contribution in [0.5, 0.6) is 0 Å².